The highest BCUT2D eigenvalue weighted by atomic mass is 32.2. The molecule has 1 aromatic rings. The van der Waals surface area contributed by atoms with E-state index in [2.05, 4.69) is 0 Å². The molecule has 1 saturated heterocycles. The Morgan fingerprint density at radius 3 is 2.86 bits per heavy atom. The second-order valence-electron chi connectivity index (χ2n) is 4.02. The van der Waals surface area contributed by atoms with Gasteiger partial charge in [0, 0.05) is 6.54 Å². The third-order valence-electron chi connectivity index (χ3n) is 2.50. The lowest BCUT2D eigenvalue weighted by Crippen LogP contribution is -2.32. The van der Waals surface area contributed by atoms with Crippen LogP contribution in [0.5, 0.6) is 0 Å². The second-order valence-corrected chi connectivity index (χ2v) is 7.26. The summed E-state index contributed by atoms with van der Waals surface area (Å²) >= 11 is 6.10. The minimum Gasteiger partial charge on any atom is -0.465 e. The van der Waals surface area contributed by atoms with Crippen LogP contribution in [0.25, 0.3) is 6.08 Å². The second kappa shape index (κ2) is 6.56. The number of hydrogen-bond donors (Lipinski definition) is 1. The largest absolute Gasteiger partial charge is 0.465 e. The SMILES string of the molecule is O=C1C(=CC=Cc2ccco2)SC(=S)N1CCS(=O)(=O)O. The topological polar surface area (TPSA) is 87.8 Å². The first-order chi connectivity index (χ1) is 9.87. The molecule has 0 saturated carbocycles. The lowest BCUT2D eigenvalue weighted by Gasteiger charge is -2.12. The summed E-state index contributed by atoms with van der Waals surface area (Å²) in [6, 6.07) is 3.51. The van der Waals surface area contributed by atoms with E-state index in [1.807, 2.05) is 0 Å². The number of furan rings is 1. The van der Waals surface area contributed by atoms with E-state index < -0.39 is 15.9 Å². The molecule has 6 nitrogen and oxygen atoms in total. The average molecular weight is 345 g/mol. The maximum absolute atomic E-state index is 12.0. The van der Waals surface area contributed by atoms with Gasteiger partial charge in [-0.3, -0.25) is 14.2 Å². The first-order valence-corrected chi connectivity index (χ1v) is 8.61. The molecular formula is C12H11NO5S3. The van der Waals surface area contributed by atoms with Gasteiger partial charge < -0.3 is 4.42 Å². The average Bonchev–Trinajstić information content (AvgIpc) is 2.97. The minimum atomic E-state index is -4.13. The zero-order valence-corrected chi connectivity index (χ0v) is 13.1. The van der Waals surface area contributed by atoms with Crippen molar-refractivity contribution in [1.82, 2.24) is 4.90 Å². The molecular weight excluding hydrogens is 334 g/mol. The zero-order chi connectivity index (χ0) is 15.5. The molecule has 1 fully saturated rings. The number of thioether (sulfide) groups is 1. The summed E-state index contributed by atoms with van der Waals surface area (Å²) in [4.78, 5) is 13.6. The number of thiocarbonyl (C=S) groups is 1. The molecule has 1 N–H and O–H groups in total. The van der Waals surface area contributed by atoms with Gasteiger partial charge in [0.25, 0.3) is 16.0 Å². The molecule has 1 amide bonds. The molecule has 1 aliphatic rings. The summed E-state index contributed by atoms with van der Waals surface area (Å²) in [6.45, 7) is -0.164. The van der Waals surface area contributed by atoms with Crippen LogP contribution in [0, 0.1) is 0 Å². The maximum Gasteiger partial charge on any atom is 0.266 e. The highest BCUT2D eigenvalue weighted by molar-refractivity contribution is 8.26. The predicted octanol–water partition coefficient (Wildman–Crippen LogP) is 1.92. The Kier molecular flexibility index (Phi) is 4.99. The van der Waals surface area contributed by atoms with Crippen LogP contribution in [0.4, 0.5) is 0 Å². The van der Waals surface area contributed by atoms with Crippen molar-refractivity contribution in [2.24, 2.45) is 0 Å². The van der Waals surface area contributed by atoms with Gasteiger partial charge in [0.05, 0.1) is 16.9 Å². The van der Waals surface area contributed by atoms with E-state index in [1.165, 1.54) is 6.26 Å². The number of amides is 1. The molecule has 0 radical (unpaired) electrons. The van der Waals surface area contributed by atoms with Gasteiger partial charge in [-0.05, 0) is 24.3 Å². The molecule has 1 aromatic heterocycles. The molecule has 21 heavy (non-hydrogen) atoms. The summed E-state index contributed by atoms with van der Waals surface area (Å²) < 4.78 is 35.5. The standard InChI is InChI=1S/C12H11NO5S3/c14-11-10(5-1-3-9-4-2-7-18-9)20-12(19)13(11)6-8-21(15,16)17/h1-5,7H,6,8H2,(H,15,16,17). The van der Waals surface area contributed by atoms with Crippen LogP contribution in [0.15, 0.2) is 39.9 Å². The Balaban J connectivity index is 2.03. The van der Waals surface area contributed by atoms with Gasteiger partial charge in [0.2, 0.25) is 0 Å². The van der Waals surface area contributed by atoms with Crippen LogP contribution in [0.1, 0.15) is 5.76 Å². The molecule has 0 aromatic carbocycles. The summed E-state index contributed by atoms with van der Waals surface area (Å²) in [6.07, 6.45) is 6.45. The normalized spacial score (nSPS) is 18.3. The maximum atomic E-state index is 12.0. The summed E-state index contributed by atoms with van der Waals surface area (Å²) in [5.41, 5.74) is 0. The van der Waals surface area contributed by atoms with Crippen LogP contribution in [0.2, 0.25) is 0 Å². The molecule has 9 heteroatoms. The van der Waals surface area contributed by atoms with Crippen LogP contribution < -0.4 is 0 Å². The number of carbonyl (C=O) groups is 1. The van der Waals surface area contributed by atoms with Crippen molar-refractivity contribution in [3.63, 3.8) is 0 Å². The first-order valence-electron chi connectivity index (χ1n) is 5.77. The highest BCUT2D eigenvalue weighted by Crippen LogP contribution is 2.30. The number of carbonyl (C=O) groups excluding carboxylic acids is 1. The van der Waals surface area contributed by atoms with E-state index in [0.29, 0.717) is 10.7 Å². The van der Waals surface area contributed by atoms with Crippen molar-refractivity contribution in [2.45, 2.75) is 0 Å². The van der Waals surface area contributed by atoms with Crippen molar-refractivity contribution in [2.75, 3.05) is 12.3 Å². The van der Waals surface area contributed by atoms with Gasteiger partial charge in [0.15, 0.2) is 0 Å². The monoisotopic (exact) mass is 345 g/mol. The molecule has 2 heterocycles. The van der Waals surface area contributed by atoms with Gasteiger partial charge in [-0.25, -0.2) is 0 Å². The number of rotatable bonds is 5. The van der Waals surface area contributed by atoms with Crippen LogP contribution in [-0.4, -0.2) is 40.4 Å². The number of nitrogens with zero attached hydrogens (tertiary/aromatic N) is 1. The Morgan fingerprint density at radius 1 is 1.48 bits per heavy atom. The van der Waals surface area contributed by atoms with Gasteiger partial charge in [0.1, 0.15) is 10.1 Å². The quantitative estimate of drug-likeness (QED) is 0.495. The van der Waals surface area contributed by atoms with E-state index >= 15 is 0 Å². The van der Waals surface area contributed by atoms with Crippen molar-refractivity contribution >= 4 is 50.4 Å². The molecule has 0 bridgehead atoms. The fourth-order valence-corrected chi connectivity index (χ4v) is 3.20. The summed E-state index contributed by atoms with van der Waals surface area (Å²) in [5.74, 6) is -0.277. The van der Waals surface area contributed by atoms with Crippen molar-refractivity contribution in [1.29, 1.82) is 0 Å². The van der Waals surface area contributed by atoms with E-state index in [1.54, 1.807) is 30.4 Å². The molecule has 112 valence electrons. The number of hydrogen-bond acceptors (Lipinski definition) is 6. The van der Waals surface area contributed by atoms with E-state index in [4.69, 9.17) is 21.2 Å². The molecule has 0 unspecified atom stereocenters. The van der Waals surface area contributed by atoms with Crippen LogP contribution >= 0.6 is 24.0 Å². The Labute approximate surface area is 131 Å². The van der Waals surface area contributed by atoms with E-state index in [-0.39, 0.29) is 16.8 Å². The summed E-state index contributed by atoms with van der Waals surface area (Å²) in [7, 11) is -4.13. The molecule has 2 rings (SSSR count). The Morgan fingerprint density at radius 2 is 2.24 bits per heavy atom. The van der Waals surface area contributed by atoms with Gasteiger partial charge in [-0.15, -0.1) is 0 Å². The third kappa shape index (κ3) is 4.53. The fourth-order valence-electron chi connectivity index (χ4n) is 1.53. The van der Waals surface area contributed by atoms with Gasteiger partial charge in [-0.2, -0.15) is 8.42 Å². The third-order valence-corrected chi connectivity index (χ3v) is 4.59. The molecule has 0 atom stereocenters. The van der Waals surface area contributed by atoms with Crippen LogP contribution in [-0.2, 0) is 14.9 Å². The Hall–Kier alpha value is -1.42. The lowest BCUT2D eigenvalue weighted by molar-refractivity contribution is -0.122. The summed E-state index contributed by atoms with van der Waals surface area (Å²) in [5, 5.41) is 0. The fraction of sp³-hybridized carbons (Fsp3) is 0.167. The molecule has 0 spiro atoms. The predicted molar refractivity (Wildman–Crippen MR) is 84.1 cm³/mol. The highest BCUT2D eigenvalue weighted by Gasteiger charge is 2.32. The van der Waals surface area contributed by atoms with E-state index in [9.17, 15) is 13.2 Å². The zero-order valence-electron chi connectivity index (χ0n) is 10.6. The first kappa shape index (κ1) is 16.0. The molecule has 0 aliphatic carbocycles. The van der Waals surface area contributed by atoms with Crippen LogP contribution in [0.3, 0.4) is 0 Å². The lowest BCUT2D eigenvalue weighted by atomic mass is 10.3. The van der Waals surface area contributed by atoms with Gasteiger partial charge >= 0.3 is 0 Å². The van der Waals surface area contributed by atoms with Crippen molar-refractivity contribution in [3.8, 4) is 0 Å². The smallest absolute Gasteiger partial charge is 0.266 e. The number of allylic oxidation sites excluding steroid dienone is 2. The van der Waals surface area contributed by atoms with Crippen molar-refractivity contribution < 1.29 is 22.2 Å². The Bertz CT molecular complexity index is 703. The van der Waals surface area contributed by atoms with Gasteiger partial charge in [-0.1, -0.05) is 30.1 Å². The minimum absolute atomic E-state index is 0.164. The van der Waals surface area contributed by atoms with Crippen molar-refractivity contribution in [3.05, 3.63) is 41.2 Å². The van der Waals surface area contributed by atoms with E-state index in [0.717, 1.165) is 16.7 Å². The molecule has 1 aliphatic heterocycles.